The fraction of sp³-hybridized carbons (Fsp3) is 0.300. The van der Waals surface area contributed by atoms with Gasteiger partial charge in [-0.3, -0.25) is 9.69 Å². The molecule has 0 radical (unpaired) electrons. The number of aliphatic hydroxyl groups is 1. The third-order valence-corrected chi connectivity index (χ3v) is 5.52. The van der Waals surface area contributed by atoms with Crippen LogP contribution in [0.4, 0.5) is 4.79 Å². The molecule has 7 nitrogen and oxygen atoms in total. The predicted octanol–water partition coefficient (Wildman–Crippen LogP) is 2.96. The van der Waals surface area contributed by atoms with Gasteiger partial charge in [-0.25, -0.2) is 4.79 Å². The highest BCUT2D eigenvalue weighted by Crippen LogP contribution is 2.41. The van der Waals surface area contributed by atoms with Crippen LogP contribution in [0.25, 0.3) is 0 Å². The Morgan fingerprint density at radius 1 is 1.24 bits per heavy atom. The molecule has 0 unspecified atom stereocenters. The number of urea groups is 1. The Labute approximate surface area is 177 Å². The van der Waals surface area contributed by atoms with Crippen molar-refractivity contribution in [3.63, 3.8) is 0 Å². The Balaban J connectivity index is 1.47. The van der Waals surface area contributed by atoms with Gasteiger partial charge in [0.15, 0.2) is 5.54 Å². The fourth-order valence-electron chi connectivity index (χ4n) is 3.57. The number of amides is 3. The summed E-state index contributed by atoms with van der Waals surface area (Å²) in [4.78, 5) is 26.7. The highest BCUT2D eigenvalue weighted by molar-refractivity contribution is 6.34. The van der Waals surface area contributed by atoms with E-state index in [-0.39, 0.29) is 13.2 Å². The number of carbonyl (C=O) groups is 2. The highest BCUT2D eigenvalue weighted by Gasteiger charge is 2.55. The van der Waals surface area contributed by atoms with Crippen LogP contribution < -0.4 is 14.8 Å². The fourth-order valence-corrected chi connectivity index (χ4v) is 3.91. The number of hydrogen-bond acceptors (Lipinski definition) is 5. The Morgan fingerprint density at radius 3 is 2.86 bits per heavy atom. The lowest BCUT2D eigenvalue weighted by atomic mass is 9.84. The Hall–Kier alpha value is -2.48. The van der Waals surface area contributed by atoms with E-state index in [0.29, 0.717) is 40.1 Å². The normalized spacial score (nSPS) is 21.6. The van der Waals surface area contributed by atoms with Crippen LogP contribution in [0.3, 0.4) is 0 Å². The van der Waals surface area contributed by atoms with Crippen LogP contribution in [-0.4, -0.2) is 47.8 Å². The van der Waals surface area contributed by atoms with Crippen molar-refractivity contribution in [1.29, 1.82) is 0 Å². The molecule has 2 aliphatic rings. The molecule has 0 bridgehead atoms. The minimum Gasteiger partial charge on any atom is -0.493 e. The van der Waals surface area contributed by atoms with Gasteiger partial charge in [0, 0.05) is 23.1 Å². The standard InChI is InChI=1S/C20H18Cl2N2O5/c21-12-5-6-15(22)17(9-12)29-11-13(25)10-24-18(26)20(23-19(24)27)7-8-28-16-4-2-1-3-14(16)20/h1-6,9,13,25H,7-8,10-11H2,(H,23,27)/t13-,20+/m1/s1. The molecular formula is C20H18Cl2N2O5. The second-order valence-corrected chi connectivity index (χ2v) is 7.73. The average Bonchev–Trinajstić information content (AvgIpc) is 2.94. The third-order valence-electron chi connectivity index (χ3n) is 4.97. The third kappa shape index (κ3) is 3.61. The molecular weight excluding hydrogens is 419 g/mol. The maximum atomic E-state index is 13.2. The van der Waals surface area contributed by atoms with Crippen LogP contribution in [0.5, 0.6) is 11.5 Å². The summed E-state index contributed by atoms with van der Waals surface area (Å²) in [6.07, 6.45) is -0.791. The number of carbonyl (C=O) groups excluding carboxylic acids is 2. The summed E-state index contributed by atoms with van der Waals surface area (Å²) < 4.78 is 11.1. The summed E-state index contributed by atoms with van der Waals surface area (Å²) >= 11 is 12.0. The Morgan fingerprint density at radius 2 is 2.03 bits per heavy atom. The molecule has 2 aliphatic heterocycles. The molecule has 2 aromatic carbocycles. The van der Waals surface area contributed by atoms with Gasteiger partial charge in [-0.1, -0.05) is 41.4 Å². The van der Waals surface area contributed by atoms with Gasteiger partial charge in [-0.2, -0.15) is 0 Å². The van der Waals surface area contributed by atoms with Gasteiger partial charge in [-0.15, -0.1) is 0 Å². The topological polar surface area (TPSA) is 88.1 Å². The number of ether oxygens (including phenoxy) is 2. The van der Waals surface area contributed by atoms with Gasteiger partial charge in [-0.05, 0) is 18.2 Å². The molecule has 3 amide bonds. The number of nitrogens with zero attached hydrogens (tertiary/aromatic N) is 1. The molecule has 2 heterocycles. The minimum absolute atomic E-state index is 0.163. The first-order valence-electron chi connectivity index (χ1n) is 9.03. The molecule has 29 heavy (non-hydrogen) atoms. The van der Waals surface area contributed by atoms with Gasteiger partial charge < -0.3 is 19.9 Å². The summed E-state index contributed by atoms with van der Waals surface area (Å²) in [5, 5.41) is 13.9. The molecule has 152 valence electrons. The van der Waals surface area contributed by atoms with Crippen molar-refractivity contribution >= 4 is 35.1 Å². The van der Waals surface area contributed by atoms with Crippen molar-refractivity contribution in [3.05, 3.63) is 58.1 Å². The van der Waals surface area contributed by atoms with Crippen molar-refractivity contribution in [3.8, 4) is 11.5 Å². The van der Waals surface area contributed by atoms with Crippen LogP contribution >= 0.6 is 23.2 Å². The van der Waals surface area contributed by atoms with E-state index < -0.39 is 23.6 Å². The van der Waals surface area contributed by atoms with Crippen molar-refractivity contribution in [2.75, 3.05) is 19.8 Å². The van der Waals surface area contributed by atoms with Crippen LogP contribution in [0.2, 0.25) is 10.0 Å². The van der Waals surface area contributed by atoms with Crippen molar-refractivity contribution < 1.29 is 24.2 Å². The lowest BCUT2D eigenvalue weighted by Crippen LogP contribution is -2.48. The summed E-state index contributed by atoms with van der Waals surface area (Å²) in [5.41, 5.74) is -0.563. The highest BCUT2D eigenvalue weighted by atomic mass is 35.5. The summed E-state index contributed by atoms with van der Waals surface area (Å²) in [5.74, 6) is 0.456. The molecule has 2 aromatic rings. The zero-order valence-corrected chi connectivity index (χ0v) is 16.7. The number of benzene rings is 2. The zero-order valence-electron chi connectivity index (χ0n) is 15.2. The average molecular weight is 437 g/mol. The molecule has 1 spiro atoms. The Bertz CT molecular complexity index is 970. The zero-order chi connectivity index (χ0) is 20.6. The van der Waals surface area contributed by atoms with Crippen LogP contribution in [0, 0.1) is 0 Å². The summed E-state index contributed by atoms with van der Waals surface area (Å²) in [6.45, 7) is -0.0761. The monoisotopic (exact) mass is 436 g/mol. The molecule has 4 rings (SSSR count). The molecule has 9 heteroatoms. The van der Waals surface area contributed by atoms with E-state index in [1.165, 1.54) is 6.07 Å². The molecule has 2 atom stereocenters. The van der Waals surface area contributed by atoms with Gasteiger partial charge >= 0.3 is 6.03 Å². The molecule has 0 aliphatic carbocycles. The van der Waals surface area contributed by atoms with E-state index in [1.807, 2.05) is 0 Å². The minimum atomic E-state index is -1.18. The lowest BCUT2D eigenvalue weighted by Gasteiger charge is -2.33. The summed E-state index contributed by atoms with van der Waals surface area (Å²) in [6, 6.07) is 11.3. The Kier molecular flexibility index (Phi) is 5.29. The number of fused-ring (bicyclic) bond motifs is 2. The second kappa shape index (κ2) is 7.74. The van der Waals surface area contributed by atoms with Gasteiger partial charge in [0.2, 0.25) is 0 Å². The quantitative estimate of drug-likeness (QED) is 0.703. The number of rotatable bonds is 5. The van der Waals surface area contributed by atoms with Crippen LogP contribution in [0.1, 0.15) is 12.0 Å². The van der Waals surface area contributed by atoms with E-state index in [9.17, 15) is 14.7 Å². The van der Waals surface area contributed by atoms with E-state index >= 15 is 0 Å². The number of imide groups is 1. The second-order valence-electron chi connectivity index (χ2n) is 6.89. The largest absolute Gasteiger partial charge is 0.493 e. The van der Waals surface area contributed by atoms with E-state index in [1.54, 1.807) is 36.4 Å². The van der Waals surface area contributed by atoms with Crippen molar-refractivity contribution in [1.82, 2.24) is 10.2 Å². The van der Waals surface area contributed by atoms with Crippen LogP contribution in [-0.2, 0) is 10.3 Å². The SMILES string of the molecule is O=C1N[C@]2(CCOc3ccccc32)C(=O)N1C[C@@H](O)COc1cc(Cl)ccc1Cl. The first-order valence-corrected chi connectivity index (χ1v) is 9.78. The van der Waals surface area contributed by atoms with E-state index in [4.69, 9.17) is 32.7 Å². The summed E-state index contributed by atoms with van der Waals surface area (Å²) in [7, 11) is 0. The first kappa shape index (κ1) is 19.8. The van der Waals surface area contributed by atoms with Gasteiger partial charge in [0.25, 0.3) is 5.91 Å². The number of para-hydroxylation sites is 1. The number of nitrogens with one attached hydrogen (secondary N) is 1. The molecule has 1 saturated heterocycles. The number of hydrogen-bond donors (Lipinski definition) is 2. The van der Waals surface area contributed by atoms with E-state index in [2.05, 4.69) is 5.32 Å². The predicted molar refractivity (Wildman–Crippen MR) is 106 cm³/mol. The lowest BCUT2D eigenvalue weighted by molar-refractivity contribution is -0.133. The maximum Gasteiger partial charge on any atom is 0.325 e. The number of halogens is 2. The number of β-amino-alcohol motifs (C(OH)–C–C–N with tert-alkyl or cyclic N) is 1. The van der Waals surface area contributed by atoms with Crippen molar-refractivity contribution in [2.24, 2.45) is 0 Å². The number of aliphatic hydroxyl groups excluding tert-OH is 1. The maximum absolute atomic E-state index is 13.2. The molecule has 1 fully saturated rings. The molecule has 0 saturated carbocycles. The van der Waals surface area contributed by atoms with Crippen LogP contribution in [0.15, 0.2) is 42.5 Å². The smallest absolute Gasteiger partial charge is 0.325 e. The van der Waals surface area contributed by atoms with Gasteiger partial charge in [0.1, 0.15) is 24.2 Å². The van der Waals surface area contributed by atoms with Crippen molar-refractivity contribution in [2.45, 2.75) is 18.1 Å². The first-order chi connectivity index (χ1) is 13.9. The van der Waals surface area contributed by atoms with E-state index in [0.717, 1.165) is 4.90 Å². The molecule has 2 N–H and O–H groups in total. The molecule has 0 aromatic heterocycles. The van der Waals surface area contributed by atoms with Gasteiger partial charge in [0.05, 0.1) is 18.2 Å².